The van der Waals surface area contributed by atoms with Crippen molar-refractivity contribution in [2.45, 2.75) is 42.8 Å². The number of carbonyl (C=O) groups excluding carboxylic acids is 2. The largest absolute Gasteiger partial charge is 0.417 e. The Morgan fingerprint density at radius 3 is 2.00 bits per heavy atom. The third-order valence-electron chi connectivity index (χ3n) is 6.16. The van der Waals surface area contributed by atoms with Crippen LogP contribution in [0.15, 0.2) is 43.0 Å². The lowest BCUT2D eigenvalue weighted by molar-refractivity contribution is -0.140. The number of amides is 2. The van der Waals surface area contributed by atoms with Gasteiger partial charge in [-0.05, 0) is 48.7 Å². The number of rotatable bonds is 8. The number of hydrogen-bond acceptors (Lipinski definition) is 2. The molecule has 0 heterocycles. The lowest BCUT2D eigenvalue weighted by atomic mass is 9.94. The highest BCUT2D eigenvalue weighted by Crippen LogP contribution is 2.42. The van der Waals surface area contributed by atoms with Crippen LogP contribution in [0.5, 0.6) is 0 Å². The molecule has 42 heavy (non-hydrogen) atoms. The van der Waals surface area contributed by atoms with Gasteiger partial charge in [-0.2, -0.15) is 39.5 Å². The minimum absolute atomic E-state index is 0.00891. The van der Waals surface area contributed by atoms with Gasteiger partial charge < -0.3 is 10.6 Å². The van der Waals surface area contributed by atoms with Crippen molar-refractivity contribution in [1.82, 2.24) is 10.6 Å². The van der Waals surface area contributed by atoms with E-state index in [1.165, 1.54) is 11.4 Å². The molecule has 3 rings (SSSR count). The van der Waals surface area contributed by atoms with Crippen LogP contribution in [0, 0.1) is 0 Å². The summed E-state index contributed by atoms with van der Waals surface area (Å²) in [5, 5.41) is 3.01. The van der Waals surface area contributed by atoms with Crippen molar-refractivity contribution < 1.29 is 53.5 Å². The van der Waals surface area contributed by atoms with Gasteiger partial charge in [-0.25, -0.2) is 4.39 Å². The van der Waals surface area contributed by atoms with Gasteiger partial charge in [0.1, 0.15) is 23.8 Å². The zero-order valence-corrected chi connectivity index (χ0v) is 22.3. The molecule has 1 unspecified atom stereocenters. The molecule has 1 aliphatic carbocycles. The molecule has 4 nitrogen and oxygen atoms in total. The fourth-order valence-corrected chi connectivity index (χ4v) is 4.55. The third-order valence-corrected chi connectivity index (χ3v) is 6.79. The van der Waals surface area contributed by atoms with Crippen LogP contribution in [-0.4, -0.2) is 36.3 Å². The van der Waals surface area contributed by atoms with Crippen molar-refractivity contribution in [3.05, 3.63) is 80.8 Å². The summed E-state index contributed by atoms with van der Waals surface area (Å²) in [4.78, 5) is 24.8. The molecule has 2 N–H and O–H groups in total. The lowest BCUT2D eigenvalue weighted by Crippen LogP contribution is -2.51. The van der Waals surface area contributed by atoms with Crippen LogP contribution < -0.4 is 10.6 Å². The standard InChI is InChI=1S/C26H18Cl2F10N2O2/c1-2-14-18(27)8-13(9-19(14)28)16(25(33,34)35)10-20(29)12-3-4-15(17(7-12)26(36,37)38)21(41)40-23(5-6-23)22(42)39-11-24(30,31)32/h2-4,7-10,16H,1,5-6,11H2,(H,39,42)(H,40,41)/b20-10-. The molecule has 2 aromatic rings. The van der Waals surface area contributed by atoms with Gasteiger partial charge in [-0.1, -0.05) is 41.9 Å². The zero-order chi connectivity index (χ0) is 31.8. The van der Waals surface area contributed by atoms with Gasteiger partial charge in [0, 0.05) is 21.2 Å². The second kappa shape index (κ2) is 11.8. The molecule has 16 heteroatoms. The summed E-state index contributed by atoms with van der Waals surface area (Å²) in [6.07, 6.45) is -14.4. The second-order valence-electron chi connectivity index (χ2n) is 9.23. The maximum Gasteiger partial charge on any atom is 0.417 e. The van der Waals surface area contributed by atoms with E-state index in [4.69, 9.17) is 23.2 Å². The first-order valence-corrected chi connectivity index (χ1v) is 12.4. The van der Waals surface area contributed by atoms with Crippen LogP contribution in [0.4, 0.5) is 43.9 Å². The second-order valence-corrected chi connectivity index (χ2v) is 10.0. The lowest BCUT2D eigenvalue weighted by Gasteiger charge is -2.20. The Hall–Kier alpha value is -3.26. The molecule has 1 atom stereocenters. The maximum atomic E-state index is 15.1. The molecule has 0 aromatic heterocycles. The normalized spacial score (nSPS) is 16.0. The van der Waals surface area contributed by atoms with Crippen LogP contribution in [0.3, 0.4) is 0 Å². The van der Waals surface area contributed by atoms with E-state index < -0.39 is 76.4 Å². The minimum Gasteiger partial charge on any atom is -0.345 e. The average Bonchev–Trinajstić information content (AvgIpc) is 3.63. The van der Waals surface area contributed by atoms with Crippen LogP contribution in [0.1, 0.15) is 51.4 Å². The van der Waals surface area contributed by atoms with E-state index in [9.17, 15) is 49.1 Å². The summed E-state index contributed by atoms with van der Waals surface area (Å²) in [6.45, 7) is 1.67. The third kappa shape index (κ3) is 7.77. The van der Waals surface area contributed by atoms with E-state index in [-0.39, 0.29) is 40.6 Å². The predicted octanol–water partition coefficient (Wildman–Crippen LogP) is 8.25. The monoisotopic (exact) mass is 650 g/mol. The summed E-state index contributed by atoms with van der Waals surface area (Å²) in [5.74, 6) is -7.22. The van der Waals surface area contributed by atoms with Gasteiger partial charge in [-0.15, -0.1) is 0 Å². The summed E-state index contributed by atoms with van der Waals surface area (Å²) < 4.78 is 135. The number of benzene rings is 2. The summed E-state index contributed by atoms with van der Waals surface area (Å²) in [5.41, 5.74) is -6.29. The van der Waals surface area contributed by atoms with Crippen molar-refractivity contribution in [3.8, 4) is 0 Å². The number of carbonyl (C=O) groups is 2. The van der Waals surface area contributed by atoms with E-state index in [2.05, 4.69) is 6.58 Å². The van der Waals surface area contributed by atoms with Gasteiger partial charge >= 0.3 is 18.5 Å². The first kappa shape index (κ1) is 33.2. The van der Waals surface area contributed by atoms with E-state index in [1.807, 2.05) is 5.32 Å². The summed E-state index contributed by atoms with van der Waals surface area (Å²) >= 11 is 11.9. The van der Waals surface area contributed by atoms with Crippen molar-refractivity contribution in [2.75, 3.05) is 6.54 Å². The molecule has 228 valence electrons. The summed E-state index contributed by atoms with van der Waals surface area (Å²) in [7, 11) is 0. The molecule has 1 fully saturated rings. The summed E-state index contributed by atoms with van der Waals surface area (Å²) in [6, 6.07) is 2.87. The molecule has 0 spiro atoms. The van der Waals surface area contributed by atoms with Gasteiger partial charge in [-0.3, -0.25) is 9.59 Å². The topological polar surface area (TPSA) is 58.2 Å². The first-order valence-electron chi connectivity index (χ1n) is 11.6. The Bertz CT molecular complexity index is 1400. The molecule has 0 bridgehead atoms. The Balaban J connectivity index is 1.97. The Morgan fingerprint density at radius 2 is 1.55 bits per heavy atom. The van der Waals surface area contributed by atoms with Gasteiger partial charge in [0.05, 0.1) is 11.1 Å². The van der Waals surface area contributed by atoms with Crippen molar-refractivity contribution >= 4 is 46.9 Å². The van der Waals surface area contributed by atoms with E-state index >= 15 is 4.39 Å². The minimum atomic E-state index is -5.33. The number of hydrogen-bond donors (Lipinski definition) is 2. The Morgan fingerprint density at radius 1 is 0.976 bits per heavy atom. The van der Waals surface area contributed by atoms with E-state index in [1.54, 1.807) is 0 Å². The van der Waals surface area contributed by atoms with Crippen molar-refractivity contribution in [3.63, 3.8) is 0 Å². The van der Waals surface area contributed by atoms with Gasteiger partial charge in [0.15, 0.2) is 0 Å². The first-order chi connectivity index (χ1) is 19.2. The molecule has 2 aromatic carbocycles. The quantitative estimate of drug-likeness (QED) is 0.283. The molecular formula is C26H18Cl2F10N2O2. The van der Waals surface area contributed by atoms with Crippen LogP contribution >= 0.6 is 23.2 Å². The zero-order valence-electron chi connectivity index (χ0n) is 20.8. The van der Waals surface area contributed by atoms with Crippen molar-refractivity contribution in [1.29, 1.82) is 0 Å². The highest BCUT2D eigenvalue weighted by Gasteiger charge is 2.52. The highest BCUT2D eigenvalue weighted by molar-refractivity contribution is 6.37. The van der Waals surface area contributed by atoms with E-state index in [0.717, 1.165) is 12.1 Å². The van der Waals surface area contributed by atoms with Crippen molar-refractivity contribution in [2.24, 2.45) is 0 Å². The molecule has 0 radical (unpaired) electrons. The molecule has 0 aliphatic heterocycles. The number of halogens is 12. The average molecular weight is 651 g/mol. The van der Waals surface area contributed by atoms with Crippen LogP contribution in [-0.2, 0) is 11.0 Å². The number of allylic oxidation sites excluding steroid dienone is 1. The number of nitrogens with one attached hydrogen (secondary N) is 2. The maximum absolute atomic E-state index is 15.1. The SMILES string of the molecule is C=Cc1c(Cl)cc(C(/C=C(\F)c2ccc(C(=O)NC3(C(=O)NCC(F)(F)F)CC3)c(C(F)(F)F)c2)C(F)(F)F)cc1Cl. The predicted molar refractivity (Wildman–Crippen MR) is 134 cm³/mol. The molecule has 2 amide bonds. The Kier molecular flexibility index (Phi) is 9.33. The molecular weight excluding hydrogens is 633 g/mol. The smallest absolute Gasteiger partial charge is 0.345 e. The van der Waals surface area contributed by atoms with Gasteiger partial charge in [0.2, 0.25) is 5.91 Å². The van der Waals surface area contributed by atoms with Crippen LogP contribution in [0.2, 0.25) is 10.0 Å². The number of alkyl halides is 9. The Labute approximate surface area is 241 Å². The molecule has 1 aliphatic rings. The fourth-order valence-electron chi connectivity index (χ4n) is 3.89. The molecule has 1 saturated carbocycles. The van der Waals surface area contributed by atoms with Gasteiger partial charge in [0.25, 0.3) is 5.91 Å². The fraction of sp³-hybridized carbons (Fsp3) is 0.308. The molecule has 0 saturated heterocycles. The van der Waals surface area contributed by atoms with Crippen LogP contribution in [0.25, 0.3) is 11.9 Å². The van der Waals surface area contributed by atoms with E-state index in [0.29, 0.717) is 12.1 Å². The highest BCUT2D eigenvalue weighted by atomic mass is 35.5.